The van der Waals surface area contributed by atoms with E-state index < -0.39 is 0 Å². The Morgan fingerprint density at radius 3 is 2.81 bits per heavy atom. The van der Waals surface area contributed by atoms with Crippen LogP contribution in [-0.2, 0) is 6.54 Å². The molecule has 1 fully saturated rings. The van der Waals surface area contributed by atoms with Crippen LogP contribution in [-0.4, -0.2) is 36.4 Å². The highest BCUT2D eigenvalue weighted by Crippen LogP contribution is 2.24. The Bertz CT molecular complexity index is 514. The molecule has 0 spiro atoms. The summed E-state index contributed by atoms with van der Waals surface area (Å²) in [6, 6.07) is 8.05. The first kappa shape index (κ1) is 17.7. The maximum Gasteiger partial charge on any atom is 0.251 e. The predicted octanol–water partition coefficient (Wildman–Crippen LogP) is 1.96. The van der Waals surface area contributed by atoms with Gasteiger partial charge in [0.2, 0.25) is 0 Å². The SMILES string of the molecule is CCNC(=O)c1cccc(CN=C(N)N(C)C2CC2)c1.I. The zero-order valence-corrected chi connectivity index (χ0v) is 14.8. The lowest BCUT2D eigenvalue weighted by molar-refractivity contribution is 0.0955. The van der Waals surface area contributed by atoms with Crippen LogP contribution in [0.25, 0.3) is 0 Å². The van der Waals surface area contributed by atoms with E-state index in [4.69, 9.17) is 5.73 Å². The summed E-state index contributed by atoms with van der Waals surface area (Å²) in [4.78, 5) is 18.2. The quantitative estimate of drug-likeness (QED) is 0.450. The molecule has 0 saturated heterocycles. The number of carbonyl (C=O) groups is 1. The van der Waals surface area contributed by atoms with Crippen molar-refractivity contribution in [2.75, 3.05) is 13.6 Å². The first-order valence-corrected chi connectivity index (χ1v) is 7.01. The van der Waals surface area contributed by atoms with Crippen LogP contribution < -0.4 is 11.1 Å². The number of halogens is 1. The van der Waals surface area contributed by atoms with Gasteiger partial charge in [0.15, 0.2) is 5.96 Å². The zero-order valence-electron chi connectivity index (χ0n) is 12.5. The van der Waals surface area contributed by atoms with E-state index >= 15 is 0 Å². The summed E-state index contributed by atoms with van der Waals surface area (Å²) in [6.45, 7) is 3.02. The van der Waals surface area contributed by atoms with Crippen LogP contribution in [0, 0.1) is 0 Å². The van der Waals surface area contributed by atoms with E-state index in [-0.39, 0.29) is 29.9 Å². The minimum atomic E-state index is -0.0543. The number of aliphatic imine (C=N–C) groups is 1. The summed E-state index contributed by atoms with van der Waals surface area (Å²) in [7, 11) is 1.97. The second-order valence-electron chi connectivity index (χ2n) is 5.08. The van der Waals surface area contributed by atoms with Crippen molar-refractivity contribution in [3.63, 3.8) is 0 Å². The molecule has 1 aromatic carbocycles. The highest BCUT2D eigenvalue weighted by Gasteiger charge is 2.27. The first-order valence-electron chi connectivity index (χ1n) is 7.01. The molecule has 1 aliphatic rings. The number of amides is 1. The Labute approximate surface area is 143 Å². The van der Waals surface area contributed by atoms with Crippen molar-refractivity contribution in [1.29, 1.82) is 0 Å². The molecule has 0 heterocycles. The lowest BCUT2D eigenvalue weighted by Gasteiger charge is -2.16. The van der Waals surface area contributed by atoms with Crippen LogP contribution in [0.1, 0.15) is 35.7 Å². The Morgan fingerprint density at radius 1 is 1.48 bits per heavy atom. The van der Waals surface area contributed by atoms with Crippen LogP contribution in [0.3, 0.4) is 0 Å². The number of carbonyl (C=O) groups excluding carboxylic acids is 1. The van der Waals surface area contributed by atoms with Gasteiger partial charge in [-0.3, -0.25) is 4.79 Å². The molecule has 116 valence electrons. The summed E-state index contributed by atoms with van der Waals surface area (Å²) in [6.07, 6.45) is 2.39. The van der Waals surface area contributed by atoms with Crippen molar-refractivity contribution in [2.24, 2.45) is 10.7 Å². The lowest BCUT2D eigenvalue weighted by atomic mass is 10.1. The number of hydrogen-bond acceptors (Lipinski definition) is 2. The van der Waals surface area contributed by atoms with Gasteiger partial charge in [-0.1, -0.05) is 12.1 Å². The van der Waals surface area contributed by atoms with Crippen LogP contribution >= 0.6 is 24.0 Å². The van der Waals surface area contributed by atoms with Gasteiger partial charge in [-0.2, -0.15) is 0 Å². The molecular formula is C15H23IN4O. The summed E-state index contributed by atoms with van der Waals surface area (Å²) < 4.78 is 0. The van der Waals surface area contributed by atoms with Gasteiger partial charge in [0.25, 0.3) is 5.91 Å². The number of nitrogens with two attached hydrogens (primary N) is 1. The van der Waals surface area contributed by atoms with E-state index in [0.29, 0.717) is 30.7 Å². The fourth-order valence-electron chi connectivity index (χ4n) is 2.01. The molecule has 0 unspecified atom stereocenters. The average Bonchev–Trinajstić information content (AvgIpc) is 3.29. The normalized spacial score (nSPS) is 14.3. The maximum absolute atomic E-state index is 11.8. The molecule has 1 aromatic rings. The van der Waals surface area contributed by atoms with E-state index in [2.05, 4.69) is 10.3 Å². The van der Waals surface area contributed by atoms with E-state index in [1.54, 1.807) is 6.07 Å². The van der Waals surface area contributed by atoms with Crippen molar-refractivity contribution in [3.8, 4) is 0 Å². The van der Waals surface area contributed by atoms with Gasteiger partial charge < -0.3 is 16.0 Å². The Hall–Kier alpha value is -1.31. The lowest BCUT2D eigenvalue weighted by Crippen LogP contribution is -2.35. The number of hydrogen-bond donors (Lipinski definition) is 2. The molecule has 0 radical (unpaired) electrons. The van der Waals surface area contributed by atoms with Gasteiger partial charge in [0.1, 0.15) is 0 Å². The molecule has 1 amide bonds. The molecule has 21 heavy (non-hydrogen) atoms. The van der Waals surface area contributed by atoms with E-state index in [9.17, 15) is 4.79 Å². The maximum atomic E-state index is 11.8. The number of benzene rings is 1. The van der Waals surface area contributed by atoms with E-state index in [0.717, 1.165) is 5.56 Å². The summed E-state index contributed by atoms with van der Waals surface area (Å²) in [5.41, 5.74) is 7.60. The fourth-order valence-corrected chi connectivity index (χ4v) is 2.01. The van der Waals surface area contributed by atoms with Gasteiger partial charge >= 0.3 is 0 Å². The van der Waals surface area contributed by atoms with Gasteiger partial charge in [-0.05, 0) is 37.5 Å². The Kier molecular flexibility index (Phi) is 6.94. The predicted molar refractivity (Wildman–Crippen MR) is 96.0 cm³/mol. The van der Waals surface area contributed by atoms with E-state index in [1.165, 1.54) is 12.8 Å². The van der Waals surface area contributed by atoms with Crippen LogP contribution in [0.15, 0.2) is 29.3 Å². The molecule has 0 atom stereocenters. The smallest absolute Gasteiger partial charge is 0.251 e. The molecule has 6 heteroatoms. The monoisotopic (exact) mass is 402 g/mol. The number of guanidine groups is 1. The first-order chi connectivity index (χ1) is 9.61. The van der Waals surface area contributed by atoms with Gasteiger partial charge in [0, 0.05) is 25.2 Å². The molecule has 2 rings (SSSR count). The Morgan fingerprint density at radius 2 is 2.19 bits per heavy atom. The summed E-state index contributed by atoms with van der Waals surface area (Å²) >= 11 is 0. The average molecular weight is 402 g/mol. The third kappa shape index (κ3) is 5.18. The van der Waals surface area contributed by atoms with Crippen molar-refractivity contribution in [1.82, 2.24) is 10.2 Å². The second kappa shape index (κ2) is 8.21. The van der Waals surface area contributed by atoms with Crippen molar-refractivity contribution in [2.45, 2.75) is 32.4 Å². The number of rotatable bonds is 5. The van der Waals surface area contributed by atoms with Crippen molar-refractivity contribution < 1.29 is 4.79 Å². The fraction of sp³-hybridized carbons (Fsp3) is 0.467. The molecule has 0 aromatic heterocycles. The Balaban J connectivity index is 0.00000220. The molecule has 3 N–H and O–H groups in total. The number of nitrogens with one attached hydrogen (secondary N) is 1. The van der Waals surface area contributed by atoms with Gasteiger partial charge in [-0.25, -0.2) is 4.99 Å². The minimum Gasteiger partial charge on any atom is -0.370 e. The van der Waals surface area contributed by atoms with Crippen LogP contribution in [0.2, 0.25) is 0 Å². The third-order valence-corrected chi connectivity index (χ3v) is 3.41. The molecule has 5 nitrogen and oxygen atoms in total. The van der Waals surface area contributed by atoms with Crippen LogP contribution in [0.4, 0.5) is 0 Å². The molecule has 1 saturated carbocycles. The van der Waals surface area contributed by atoms with Gasteiger partial charge in [-0.15, -0.1) is 24.0 Å². The minimum absolute atomic E-state index is 0. The van der Waals surface area contributed by atoms with Crippen molar-refractivity contribution in [3.05, 3.63) is 35.4 Å². The topological polar surface area (TPSA) is 70.7 Å². The largest absolute Gasteiger partial charge is 0.370 e. The third-order valence-electron chi connectivity index (χ3n) is 3.41. The molecule has 1 aliphatic carbocycles. The summed E-state index contributed by atoms with van der Waals surface area (Å²) in [5, 5.41) is 2.79. The zero-order chi connectivity index (χ0) is 14.5. The van der Waals surface area contributed by atoms with Crippen LogP contribution in [0.5, 0.6) is 0 Å². The molecular weight excluding hydrogens is 379 g/mol. The number of nitrogens with zero attached hydrogens (tertiary/aromatic N) is 2. The standard InChI is InChI=1S/C15H22N4O.HI/c1-3-17-14(20)12-6-4-5-11(9-12)10-18-15(16)19(2)13-7-8-13;/h4-6,9,13H,3,7-8,10H2,1-2H3,(H2,16,18)(H,17,20);1H. The molecule has 0 aliphatic heterocycles. The highest BCUT2D eigenvalue weighted by molar-refractivity contribution is 14.0. The van der Waals surface area contributed by atoms with Gasteiger partial charge in [0.05, 0.1) is 6.54 Å². The van der Waals surface area contributed by atoms with E-state index in [1.807, 2.05) is 37.1 Å². The molecule has 0 bridgehead atoms. The highest BCUT2D eigenvalue weighted by atomic mass is 127. The second-order valence-corrected chi connectivity index (χ2v) is 5.08. The van der Waals surface area contributed by atoms with Crippen molar-refractivity contribution >= 4 is 35.8 Å². The summed E-state index contributed by atoms with van der Waals surface area (Å²) in [5.74, 6) is 0.511.